The van der Waals surface area contributed by atoms with Gasteiger partial charge in [-0.1, -0.05) is 30.1 Å². The third kappa shape index (κ3) is 2.01. The molecule has 0 radical (unpaired) electrons. The summed E-state index contributed by atoms with van der Waals surface area (Å²) in [6.07, 6.45) is 0.799. The predicted octanol–water partition coefficient (Wildman–Crippen LogP) is 2.61. The second kappa shape index (κ2) is 3.65. The van der Waals surface area contributed by atoms with E-state index in [0.29, 0.717) is 15.5 Å². The second-order valence-corrected chi connectivity index (χ2v) is 3.27. The molecule has 0 bridgehead atoms. The minimum absolute atomic E-state index is 0.0853. The van der Waals surface area contributed by atoms with Crippen LogP contribution in [0.5, 0.6) is 0 Å². The van der Waals surface area contributed by atoms with Gasteiger partial charge in [-0.2, -0.15) is 0 Å². The zero-order valence-electron chi connectivity index (χ0n) is 5.87. The molecule has 0 spiro atoms. The molecule has 1 heterocycles. The smallest absolute Gasteiger partial charge is 0.197 e. The van der Waals surface area contributed by atoms with Gasteiger partial charge in [-0.3, -0.25) is 0 Å². The fourth-order valence-electron chi connectivity index (χ4n) is 0.793. The maximum absolute atomic E-state index is 5.82. The average Bonchev–Trinajstić information content (AvgIpc) is 1.96. The first-order chi connectivity index (χ1) is 5.15. The Morgan fingerprint density at radius 1 is 1.45 bits per heavy atom. The molecule has 1 rings (SSSR count). The molecule has 0 aliphatic carbocycles. The van der Waals surface area contributed by atoms with Crippen LogP contribution in [0.15, 0.2) is 15.2 Å². The van der Waals surface area contributed by atoms with Crippen LogP contribution in [0.4, 0.5) is 0 Å². The molecule has 1 unspecified atom stereocenters. The van der Waals surface area contributed by atoms with E-state index < -0.39 is 0 Å². The molecule has 0 aromatic rings. The number of aliphatic imine (C=N–C) groups is 1. The summed E-state index contributed by atoms with van der Waals surface area (Å²) in [5.41, 5.74) is 0. The van der Waals surface area contributed by atoms with Gasteiger partial charge in [0.1, 0.15) is 5.16 Å². The van der Waals surface area contributed by atoms with Crippen molar-refractivity contribution < 1.29 is 0 Å². The summed E-state index contributed by atoms with van der Waals surface area (Å²) in [6.45, 7) is 1.97. The Hall–Kier alpha value is 0.0800. The first-order valence-corrected chi connectivity index (χ1v) is 4.34. The summed E-state index contributed by atoms with van der Waals surface area (Å²) < 4.78 is 0. The molecular weight excluding hydrogens is 206 g/mol. The highest BCUT2D eigenvalue weighted by atomic mass is 35.5. The molecular formula is C6H7Cl3N2. The highest BCUT2D eigenvalue weighted by molar-refractivity contribution is 6.65. The lowest BCUT2D eigenvalue weighted by molar-refractivity contribution is 0.751. The molecule has 1 atom stereocenters. The van der Waals surface area contributed by atoms with Gasteiger partial charge in [-0.05, 0) is 18.0 Å². The molecule has 62 valence electrons. The maximum Gasteiger partial charge on any atom is 0.197 e. The normalized spacial score (nSPS) is 24.7. The van der Waals surface area contributed by atoms with Gasteiger partial charge in [0.05, 0.1) is 11.1 Å². The Kier molecular flexibility index (Phi) is 3.05. The van der Waals surface area contributed by atoms with Crippen molar-refractivity contribution in [2.75, 3.05) is 0 Å². The number of halogens is 3. The molecule has 0 aromatic carbocycles. The number of nitrogens with one attached hydrogen (secondary N) is 1. The third-order valence-corrected chi connectivity index (χ3v) is 2.40. The van der Waals surface area contributed by atoms with E-state index in [9.17, 15) is 0 Å². The van der Waals surface area contributed by atoms with E-state index in [-0.39, 0.29) is 6.04 Å². The minimum atomic E-state index is -0.0853. The van der Waals surface area contributed by atoms with Crippen LogP contribution < -0.4 is 5.32 Å². The van der Waals surface area contributed by atoms with Crippen LogP contribution in [-0.2, 0) is 0 Å². The zero-order valence-corrected chi connectivity index (χ0v) is 8.13. The highest BCUT2D eigenvalue weighted by Crippen LogP contribution is 2.24. The van der Waals surface area contributed by atoms with Gasteiger partial charge < -0.3 is 5.32 Å². The number of amidine groups is 1. The van der Waals surface area contributed by atoms with Crippen LogP contribution >= 0.6 is 34.8 Å². The molecule has 2 nitrogen and oxygen atoms in total. The van der Waals surface area contributed by atoms with Crippen molar-refractivity contribution >= 4 is 40.1 Å². The molecule has 0 saturated carbocycles. The van der Waals surface area contributed by atoms with Crippen molar-refractivity contribution in [2.24, 2.45) is 4.99 Å². The van der Waals surface area contributed by atoms with Crippen LogP contribution in [0.1, 0.15) is 13.3 Å². The van der Waals surface area contributed by atoms with Crippen molar-refractivity contribution in [3.05, 3.63) is 10.2 Å². The standard InChI is InChI=1S/C6H7Cl3N2/c1-2-3-4(7)5(8)11-6(9)10-3/h3H,2H2,1H3,(H,10,11). The summed E-state index contributed by atoms with van der Waals surface area (Å²) in [4.78, 5) is 4.03. The van der Waals surface area contributed by atoms with Gasteiger partial charge in [0.25, 0.3) is 0 Å². The molecule has 11 heavy (non-hydrogen) atoms. The summed E-state index contributed by atoms with van der Waals surface area (Å²) >= 11 is 17.1. The lowest BCUT2D eigenvalue weighted by Crippen LogP contribution is -2.25. The molecule has 0 saturated heterocycles. The SMILES string of the molecule is CCC1N=C(Cl)NC(Cl)=C1Cl. The first kappa shape index (κ1) is 9.17. The summed E-state index contributed by atoms with van der Waals surface area (Å²) in [7, 11) is 0. The van der Waals surface area contributed by atoms with Crippen LogP contribution in [0.2, 0.25) is 0 Å². The van der Waals surface area contributed by atoms with E-state index in [1.54, 1.807) is 0 Å². The summed E-state index contributed by atoms with van der Waals surface area (Å²) in [6, 6.07) is -0.0853. The Labute approximate surface area is 80.2 Å². The minimum Gasteiger partial charge on any atom is -0.320 e. The second-order valence-electron chi connectivity index (χ2n) is 2.13. The Bertz CT molecular complexity index is 222. The van der Waals surface area contributed by atoms with Gasteiger partial charge in [-0.15, -0.1) is 0 Å². The number of nitrogens with zero attached hydrogens (tertiary/aromatic N) is 1. The van der Waals surface area contributed by atoms with Crippen LogP contribution in [-0.4, -0.2) is 11.3 Å². The van der Waals surface area contributed by atoms with E-state index in [0.717, 1.165) is 6.42 Å². The molecule has 0 aromatic heterocycles. The van der Waals surface area contributed by atoms with Gasteiger partial charge >= 0.3 is 0 Å². The van der Waals surface area contributed by atoms with Crippen molar-refractivity contribution in [2.45, 2.75) is 19.4 Å². The van der Waals surface area contributed by atoms with E-state index >= 15 is 0 Å². The Balaban J connectivity index is 2.84. The van der Waals surface area contributed by atoms with Crippen molar-refractivity contribution in [3.8, 4) is 0 Å². The monoisotopic (exact) mass is 212 g/mol. The largest absolute Gasteiger partial charge is 0.320 e. The third-order valence-electron chi connectivity index (χ3n) is 1.37. The van der Waals surface area contributed by atoms with E-state index in [4.69, 9.17) is 34.8 Å². The quantitative estimate of drug-likeness (QED) is 0.665. The molecule has 1 aliphatic rings. The van der Waals surface area contributed by atoms with E-state index in [1.165, 1.54) is 0 Å². The van der Waals surface area contributed by atoms with Crippen molar-refractivity contribution in [3.63, 3.8) is 0 Å². The van der Waals surface area contributed by atoms with Crippen LogP contribution in [0.3, 0.4) is 0 Å². The maximum atomic E-state index is 5.82. The average molecular weight is 213 g/mol. The van der Waals surface area contributed by atoms with E-state index in [1.807, 2.05) is 6.92 Å². The fraction of sp³-hybridized carbons (Fsp3) is 0.500. The Morgan fingerprint density at radius 3 is 2.64 bits per heavy atom. The zero-order chi connectivity index (χ0) is 8.43. The lowest BCUT2D eigenvalue weighted by atomic mass is 10.2. The molecule has 0 amide bonds. The Morgan fingerprint density at radius 2 is 2.09 bits per heavy atom. The molecule has 1 N–H and O–H groups in total. The molecule has 0 fully saturated rings. The predicted molar refractivity (Wildman–Crippen MR) is 49.2 cm³/mol. The first-order valence-electron chi connectivity index (χ1n) is 3.20. The van der Waals surface area contributed by atoms with Crippen molar-refractivity contribution in [1.82, 2.24) is 5.32 Å². The molecule has 5 heteroatoms. The molecule has 1 aliphatic heterocycles. The van der Waals surface area contributed by atoms with Gasteiger partial charge in [0, 0.05) is 0 Å². The van der Waals surface area contributed by atoms with Gasteiger partial charge in [-0.25, -0.2) is 4.99 Å². The number of hydrogen-bond acceptors (Lipinski definition) is 2. The lowest BCUT2D eigenvalue weighted by Gasteiger charge is -2.17. The summed E-state index contributed by atoms with van der Waals surface area (Å²) in [5, 5.41) is 3.82. The van der Waals surface area contributed by atoms with Crippen molar-refractivity contribution in [1.29, 1.82) is 0 Å². The topological polar surface area (TPSA) is 24.4 Å². The number of rotatable bonds is 1. The van der Waals surface area contributed by atoms with E-state index in [2.05, 4.69) is 10.3 Å². The van der Waals surface area contributed by atoms with Crippen LogP contribution in [0, 0.1) is 0 Å². The fourth-order valence-corrected chi connectivity index (χ4v) is 1.52. The van der Waals surface area contributed by atoms with Gasteiger partial charge in [0.2, 0.25) is 0 Å². The van der Waals surface area contributed by atoms with Gasteiger partial charge in [0.15, 0.2) is 5.29 Å². The number of hydrogen-bond donors (Lipinski definition) is 1. The van der Waals surface area contributed by atoms with Crippen LogP contribution in [0.25, 0.3) is 0 Å². The summed E-state index contributed by atoms with van der Waals surface area (Å²) in [5.74, 6) is 0. The highest BCUT2D eigenvalue weighted by Gasteiger charge is 2.19.